The molecule has 0 bridgehead atoms. The van der Waals surface area contributed by atoms with E-state index in [1.807, 2.05) is 27.7 Å². The molecule has 1 aliphatic heterocycles. The fourth-order valence-corrected chi connectivity index (χ4v) is 1.50. The van der Waals surface area contributed by atoms with Gasteiger partial charge in [-0.05, 0) is 27.7 Å². The first kappa shape index (κ1) is 11.9. The summed E-state index contributed by atoms with van der Waals surface area (Å²) in [6.07, 6.45) is -0.883. The molecule has 1 unspecified atom stereocenters. The highest BCUT2D eigenvalue weighted by atomic mass is 16.6. The van der Waals surface area contributed by atoms with Crippen LogP contribution in [-0.2, 0) is 9.47 Å². The largest absolute Gasteiger partial charge is 0.394 e. The van der Waals surface area contributed by atoms with Gasteiger partial charge in [0.05, 0.1) is 24.4 Å². The van der Waals surface area contributed by atoms with Crippen molar-refractivity contribution in [1.29, 1.82) is 0 Å². The van der Waals surface area contributed by atoms with Gasteiger partial charge < -0.3 is 19.7 Å². The number of rotatable bonds is 2. The second kappa shape index (κ2) is 3.77. The highest BCUT2D eigenvalue weighted by Crippen LogP contribution is 2.36. The van der Waals surface area contributed by atoms with Gasteiger partial charge in [0, 0.05) is 0 Å². The molecule has 0 aliphatic carbocycles. The Morgan fingerprint density at radius 2 is 1.14 bits per heavy atom. The van der Waals surface area contributed by atoms with Gasteiger partial charge in [-0.1, -0.05) is 0 Å². The van der Waals surface area contributed by atoms with Crippen molar-refractivity contribution in [1.82, 2.24) is 0 Å². The molecule has 1 rings (SSSR count). The van der Waals surface area contributed by atoms with Crippen LogP contribution in [0.2, 0.25) is 0 Å². The Morgan fingerprint density at radius 3 is 1.36 bits per heavy atom. The Morgan fingerprint density at radius 1 is 0.857 bits per heavy atom. The van der Waals surface area contributed by atoms with Gasteiger partial charge in [-0.15, -0.1) is 0 Å². The average molecular weight is 204 g/mol. The molecule has 1 heterocycles. The van der Waals surface area contributed by atoms with Crippen molar-refractivity contribution in [3.8, 4) is 0 Å². The second-order valence-corrected chi connectivity index (χ2v) is 4.70. The van der Waals surface area contributed by atoms with Crippen molar-refractivity contribution < 1.29 is 19.7 Å². The van der Waals surface area contributed by atoms with Crippen LogP contribution in [0.3, 0.4) is 0 Å². The van der Waals surface area contributed by atoms with Gasteiger partial charge >= 0.3 is 0 Å². The van der Waals surface area contributed by atoms with E-state index in [4.69, 9.17) is 19.7 Å². The van der Waals surface area contributed by atoms with Gasteiger partial charge in [-0.3, -0.25) is 0 Å². The third-order valence-corrected chi connectivity index (χ3v) is 3.12. The summed E-state index contributed by atoms with van der Waals surface area (Å²) in [7, 11) is 0. The standard InChI is InChI=1S/C10H20O4/c1-9(2)10(3,4)14-8(6-12)7(5-11)13-9/h7-8,11-12H,5-6H2,1-4H3/t7-,8?/m0/s1. The quantitative estimate of drug-likeness (QED) is 0.679. The third-order valence-electron chi connectivity index (χ3n) is 3.12. The molecular formula is C10H20O4. The molecular weight excluding hydrogens is 184 g/mol. The van der Waals surface area contributed by atoms with E-state index in [1.54, 1.807) is 0 Å². The lowest BCUT2D eigenvalue weighted by Crippen LogP contribution is -2.62. The molecule has 84 valence electrons. The van der Waals surface area contributed by atoms with Crippen molar-refractivity contribution >= 4 is 0 Å². The van der Waals surface area contributed by atoms with Gasteiger partial charge in [0.25, 0.3) is 0 Å². The summed E-state index contributed by atoms with van der Waals surface area (Å²) in [5.41, 5.74) is -0.932. The number of aliphatic hydroxyl groups excluding tert-OH is 2. The van der Waals surface area contributed by atoms with Crippen molar-refractivity contribution in [2.75, 3.05) is 13.2 Å². The summed E-state index contributed by atoms with van der Waals surface area (Å²) in [6, 6.07) is 0. The van der Waals surface area contributed by atoms with E-state index in [0.717, 1.165) is 0 Å². The monoisotopic (exact) mass is 204 g/mol. The smallest absolute Gasteiger partial charge is 0.110 e. The number of hydrogen-bond donors (Lipinski definition) is 2. The Labute approximate surface area is 84.8 Å². The van der Waals surface area contributed by atoms with Gasteiger partial charge in [0.1, 0.15) is 12.2 Å². The van der Waals surface area contributed by atoms with Crippen molar-refractivity contribution in [2.24, 2.45) is 0 Å². The van der Waals surface area contributed by atoms with E-state index < -0.39 is 23.4 Å². The predicted octanol–water partition coefficient (Wildman–Crippen LogP) is 0.312. The molecule has 1 fully saturated rings. The maximum absolute atomic E-state index is 9.08. The topological polar surface area (TPSA) is 58.9 Å². The van der Waals surface area contributed by atoms with Gasteiger partial charge in [0.15, 0.2) is 0 Å². The molecule has 0 aromatic carbocycles. The zero-order chi connectivity index (χ0) is 11.0. The molecule has 0 aromatic heterocycles. The SMILES string of the molecule is CC1(C)OC(CO)[C@H](CO)OC1(C)C. The zero-order valence-corrected chi connectivity index (χ0v) is 9.28. The van der Waals surface area contributed by atoms with Crippen LogP contribution in [0.25, 0.3) is 0 Å². The highest BCUT2D eigenvalue weighted by Gasteiger charge is 2.48. The van der Waals surface area contributed by atoms with E-state index in [0.29, 0.717) is 0 Å². The fraction of sp³-hybridized carbons (Fsp3) is 1.00. The number of hydrogen-bond acceptors (Lipinski definition) is 4. The maximum Gasteiger partial charge on any atom is 0.110 e. The zero-order valence-electron chi connectivity index (χ0n) is 9.28. The molecule has 2 atom stereocenters. The Bertz CT molecular complexity index is 178. The van der Waals surface area contributed by atoms with E-state index in [2.05, 4.69) is 0 Å². The van der Waals surface area contributed by atoms with Crippen LogP contribution in [0.5, 0.6) is 0 Å². The minimum atomic E-state index is -0.466. The minimum Gasteiger partial charge on any atom is -0.394 e. The highest BCUT2D eigenvalue weighted by molar-refractivity contribution is 4.96. The lowest BCUT2D eigenvalue weighted by molar-refractivity contribution is -0.304. The third kappa shape index (κ3) is 1.93. The van der Waals surface area contributed by atoms with Crippen LogP contribution >= 0.6 is 0 Å². The first-order chi connectivity index (χ1) is 6.34. The molecule has 0 aromatic rings. The van der Waals surface area contributed by atoms with Crippen LogP contribution < -0.4 is 0 Å². The van der Waals surface area contributed by atoms with Crippen LogP contribution in [0, 0.1) is 0 Å². The van der Waals surface area contributed by atoms with Gasteiger partial charge in [-0.25, -0.2) is 0 Å². The lowest BCUT2D eigenvalue weighted by atomic mass is 9.86. The lowest BCUT2D eigenvalue weighted by Gasteiger charge is -2.51. The summed E-state index contributed by atoms with van der Waals surface area (Å²) in [4.78, 5) is 0. The summed E-state index contributed by atoms with van der Waals surface area (Å²) in [6.45, 7) is 7.41. The van der Waals surface area contributed by atoms with Crippen LogP contribution in [0.1, 0.15) is 27.7 Å². The Hall–Kier alpha value is -0.160. The Kier molecular flexibility index (Phi) is 3.21. The summed E-state index contributed by atoms with van der Waals surface area (Å²) in [5, 5.41) is 18.2. The summed E-state index contributed by atoms with van der Waals surface area (Å²) < 4.78 is 11.4. The first-order valence-electron chi connectivity index (χ1n) is 4.91. The fourth-order valence-electron chi connectivity index (χ4n) is 1.50. The number of aliphatic hydroxyl groups is 2. The van der Waals surface area contributed by atoms with Gasteiger partial charge in [-0.2, -0.15) is 0 Å². The molecule has 2 N–H and O–H groups in total. The molecule has 1 saturated heterocycles. The molecule has 1 aliphatic rings. The van der Waals surface area contributed by atoms with Crippen LogP contribution in [0.15, 0.2) is 0 Å². The summed E-state index contributed by atoms with van der Waals surface area (Å²) >= 11 is 0. The molecule has 0 radical (unpaired) electrons. The van der Waals surface area contributed by atoms with Crippen molar-refractivity contribution in [2.45, 2.75) is 51.1 Å². The molecule has 4 nitrogen and oxygen atoms in total. The minimum absolute atomic E-state index is 0.134. The molecule has 0 saturated carbocycles. The van der Waals surface area contributed by atoms with E-state index in [9.17, 15) is 0 Å². The van der Waals surface area contributed by atoms with E-state index in [1.165, 1.54) is 0 Å². The van der Waals surface area contributed by atoms with Crippen molar-refractivity contribution in [3.05, 3.63) is 0 Å². The molecule has 0 amide bonds. The van der Waals surface area contributed by atoms with E-state index in [-0.39, 0.29) is 13.2 Å². The maximum atomic E-state index is 9.08. The van der Waals surface area contributed by atoms with Crippen LogP contribution in [-0.4, -0.2) is 46.8 Å². The molecule has 0 spiro atoms. The number of ether oxygens (including phenoxy) is 2. The molecule has 14 heavy (non-hydrogen) atoms. The summed E-state index contributed by atoms with van der Waals surface area (Å²) in [5.74, 6) is 0. The Balaban J connectivity index is 2.81. The average Bonchev–Trinajstić information content (AvgIpc) is 2.09. The second-order valence-electron chi connectivity index (χ2n) is 4.70. The normalized spacial score (nSPS) is 35.6. The predicted molar refractivity (Wildman–Crippen MR) is 52.1 cm³/mol. The van der Waals surface area contributed by atoms with E-state index >= 15 is 0 Å². The molecule has 4 heteroatoms. The van der Waals surface area contributed by atoms with Crippen molar-refractivity contribution in [3.63, 3.8) is 0 Å². The first-order valence-corrected chi connectivity index (χ1v) is 4.91. The van der Waals surface area contributed by atoms with Gasteiger partial charge in [0.2, 0.25) is 0 Å². The van der Waals surface area contributed by atoms with Crippen LogP contribution in [0.4, 0.5) is 0 Å².